The number of halogens is 3. The smallest absolute Gasteiger partial charge is 0.480 e. The Hall–Kier alpha value is -1.35. The minimum atomic E-state index is -4.81. The molecule has 16 heavy (non-hydrogen) atoms. The number of carboxylic acids is 2. The maximum atomic E-state index is 11.6. The molecule has 0 fully saturated rings. The highest BCUT2D eigenvalue weighted by Gasteiger charge is 2.29. The van der Waals surface area contributed by atoms with Crippen LogP contribution in [0.3, 0.4) is 0 Å². The van der Waals surface area contributed by atoms with Gasteiger partial charge in [-0.3, -0.25) is 19.2 Å². The van der Waals surface area contributed by atoms with Gasteiger partial charge in [0.25, 0.3) is 0 Å². The van der Waals surface area contributed by atoms with Crippen molar-refractivity contribution in [1.82, 2.24) is 4.90 Å². The van der Waals surface area contributed by atoms with Crippen LogP contribution in [0.2, 0.25) is 0 Å². The van der Waals surface area contributed by atoms with Gasteiger partial charge >= 0.3 is 18.3 Å². The Morgan fingerprint density at radius 3 is 1.88 bits per heavy atom. The normalized spacial score (nSPS) is 11.8. The van der Waals surface area contributed by atoms with Gasteiger partial charge in [0, 0.05) is 6.54 Å². The molecule has 0 rings (SSSR count). The molecule has 0 aliphatic carbocycles. The SMILES string of the molecule is O=C(O)CN(CCOC(F)(F)F)CC(=O)O. The van der Waals surface area contributed by atoms with E-state index in [1.54, 1.807) is 0 Å². The zero-order chi connectivity index (χ0) is 12.8. The van der Waals surface area contributed by atoms with E-state index in [0.29, 0.717) is 0 Å². The van der Waals surface area contributed by atoms with Gasteiger partial charge in [-0.1, -0.05) is 0 Å². The topological polar surface area (TPSA) is 87.1 Å². The van der Waals surface area contributed by atoms with Crippen LogP contribution in [0.4, 0.5) is 13.2 Å². The largest absolute Gasteiger partial charge is 0.522 e. The van der Waals surface area contributed by atoms with Crippen LogP contribution in [0.5, 0.6) is 0 Å². The average molecular weight is 245 g/mol. The third-order valence-corrected chi connectivity index (χ3v) is 1.39. The maximum Gasteiger partial charge on any atom is 0.522 e. The molecule has 2 N–H and O–H groups in total. The molecule has 0 aliphatic heterocycles. The lowest BCUT2D eigenvalue weighted by molar-refractivity contribution is -0.324. The number of rotatable bonds is 7. The van der Waals surface area contributed by atoms with Crippen molar-refractivity contribution >= 4 is 11.9 Å². The summed E-state index contributed by atoms with van der Waals surface area (Å²) >= 11 is 0. The van der Waals surface area contributed by atoms with Crippen molar-refractivity contribution in [2.75, 3.05) is 26.2 Å². The summed E-state index contributed by atoms with van der Waals surface area (Å²) in [6.45, 7) is -2.57. The Morgan fingerprint density at radius 1 is 1.12 bits per heavy atom. The Labute approximate surface area is 88.2 Å². The molecule has 0 saturated carbocycles. The van der Waals surface area contributed by atoms with Crippen LogP contribution in [0, 0.1) is 0 Å². The van der Waals surface area contributed by atoms with Crippen LogP contribution < -0.4 is 0 Å². The molecule has 0 atom stereocenters. The molecule has 0 radical (unpaired) electrons. The first-order chi connectivity index (χ1) is 7.20. The zero-order valence-corrected chi connectivity index (χ0v) is 8.03. The number of ether oxygens (including phenoxy) is 1. The minimum Gasteiger partial charge on any atom is -0.480 e. The molecule has 0 bridgehead atoms. The van der Waals surface area contributed by atoms with Gasteiger partial charge in [0.05, 0.1) is 19.7 Å². The summed E-state index contributed by atoms with van der Waals surface area (Å²) in [5.41, 5.74) is 0. The fourth-order valence-corrected chi connectivity index (χ4v) is 0.887. The molecule has 0 amide bonds. The Morgan fingerprint density at radius 2 is 1.56 bits per heavy atom. The van der Waals surface area contributed by atoms with Crippen LogP contribution in [-0.4, -0.2) is 59.7 Å². The Kier molecular flexibility index (Phi) is 5.75. The summed E-state index contributed by atoms with van der Waals surface area (Å²) in [6, 6.07) is 0. The molecule has 0 spiro atoms. The predicted molar refractivity (Wildman–Crippen MR) is 43.7 cm³/mol. The molecule has 0 aromatic heterocycles. The summed E-state index contributed by atoms with van der Waals surface area (Å²) in [4.78, 5) is 21.3. The fourth-order valence-electron chi connectivity index (χ4n) is 0.887. The van der Waals surface area contributed by atoms with E-state index in [1.165, 1.54) is 0 Å². The van der Waals surface area contributed by atoms with E-state index in [4.69, 9.17) is 10.2 Å². The van der Waals surface area contributed by atoms with Crippen LogP contribution >= 0.6 is 0 Å². The highest BCUT2D eigenvalue weighted by Crippen LogP contribution is 2.15. The molecule has 0 aromatic carbocycles. The number of carboxylic acid groups (broad SMARTS) is 2. The predicted octanol–water partition coefficient (Wildman–Crippen LogP) is -0.00600. The van der Waals surface area contributed by atoms with E-state index >= 15 is 0 Å². The molecule has 9 heteroatoms. The number of hydrogen-bond acceptors (Lipinski definition) is 4. The highest BCUT2D eigenvalue weighted by molar-refractivity contribution is 5.72. The van der Waals surface area contributed by atoms with E-state index in [-0.39, 0.29) is 0 Å². The molecule has 94 valence electrons. The van der Waals surface area contributed by atoms with E-state index in [2.05, 4.69) is 4.74 Å². The lowest BCUT2D eigenvalue weighted by Crippen LogP contribution is -2.37. The van der Waals surface area contributed by atoms with Gasteiger partial charge in [-0.05, 0) is 0 Å². The summed E-state index contributed by atoms with van der Waals surface area (Å²) in [5.74, 6) is -2.65. The van der Waals surface area contributed by atoms with E-state index in [0.717, 1.165) is 4.90 Å². The number of hydrogen-bond donors (Lipinski definition) is 2. The lowest BCUT2D eigenvalue weighted by atomic mass is 10.4. The third kappa shape index (κ3) is 9.21. The first-order valence-electron chi connectivity index (χ1n) is 4.07. The first kappa shape index (κ1) is 14.6. The van der Waals surface area contributed by atoms with Crippen molar-refractivity contribution in [1.29, 1.82) is 0 Å². The molecular weight excluding hydrogens is 235 g/mol. The number of nitrogens with zero attached hydrogens (tertiary/aromatic N) is 1. The first-order valence-corrected chi connectivity index (χ1v) is 4.07. The van der Waals surface area contributed by atoms with Crippen molar-refractivity contribution in [3.8, 4) is 0 Å². The fraction of sp³-hybridized carbons (Fsp3) is 0.714. The van der Waals surface area contributed by atoms with E-state index in [1.807, 2.05) is 0 Å². The molecule has 0 saturated heterocycles. The quantitative estimate of drug-likeness (QED) is 0.656. The third-order valence-electron chi connectivity index (χ3n) is 1.39. The van der Waals surface area contributed by atoms with Crippen LogP contribution in [-0.2, 0) is 14.3 Å². The molecule has 6 nitrogen and oxygen atoms in total. The summed E-state index contributed by atoms with van der Waals surface area (Å²) in [7, 11) is 0. The summed E-state index contributed by atoms with van der Waals surface area (Å²) in [6.07, 6.45) is -4.81. The van der Waals surface area contributed by atoms with Gasteiger partial charge in [-0.25, -0.2) is 0 Å². The van der Waals surface area contributed by atoms with Crippen LogP contribution in [0.1, 0.15) is 0 Å². The van der Waals surface area contributed by atoms with E-state index < -0.39 is 44.5 Å². The van der Waals surface area contributed by atoms with Gasteiger partial charge < -0.3 is 10.2 Å². The highest BCUT2D eigenvalue weighted by atomic mass is 19.4. The Balaban J connectivity index is 4.01. The van der Waals surface area contributed by atoms with Crippen molar-refractivity contribution in [3.05, 3.63) is 0 Å². The minimum absolute atomic E-state index is 0.432. The second-order valence-electron chi connectivity index (χ2n) is 2.79. The number of aliphatic carboxylic acids is 2. The monoisotopic (exact) mass is 245 g/mol. The number of alkyl halides is 3. The van der Waals surface area contributed by atoms with Crippen molar-refractivity contribution < 1.29 is 37.7 Å². The van der Waals surface area contributed by atoms with Gasteiger partial charge in [0.1, 0.15) is 0 Å². The standard InChI is InChI=1S/C7H10F3NO5/c8-7(9,10)16-2-1-11(3-5(12)13)4-6(14)15/h1-4H2,(H,12,13)(H,14,15). The van der Waals surface area contributed by atoms with Crippen molar-refractivity contribution in [2.24, 2.45) is 0 Å². The van der Waals surface area contributed by atoms with E-state index in [9.17, 15) is 22.8 Å². The van der Waals surface area contributed by atoms with Gasteiger partial charge in [-0.2, -0.15) is 0 Å². The maximum absolute atomic E-state index is 11.6. The van der Waals surface area contributed by atoms with Gasteiger partial charge in [0.2, 0.25) is 0 Å². The van der Waals surface area contributed by atoms with Crippen LogP contribution in [0.15, 0.2) is 0 Å². The van der Waals surface area contributed by atoms with Crippen LogP contribution in [0.25, 0.3) is 0 Å². The second kappa shape index (κ2) is 6.28. The molecule has 0 heterocycles. The molecule has 0 aromatic rings. The van der Waals surface area contributed by atoms with Gasteiger partial charge in [0.15, 0.2) is 0 Å². The Bertz CT molecular complexity index is 239. The zero-order valence-electron chi connectivity index (χ0n) is 8.03. The second-order valence-corrected chi connectivity index (χ2v) is 2.79. The lowest BCUT2D eigenvalue weighted by Gasteiger charge is -2.18. The number of carbonyl (C=O) groups is 2. The average Bonchev–Trinajstić information content (AvgIpc) is 1.98. The molecule has 0 aliphatic rings. The van der Waals surface area contributed by atoms with Crippen molar-refractivity contribution in [2.45, 2.75) is 6.36 Å². The van der Waals surface area contributed by atoms with Gasteiger partial charge in [-0.15, -0.1) is 13.2 Å². The molecule has 0 unspecified atom stereocenters. The summed E-state index contributed by atoms with van der Waals surface area (Å²) < 4.78 is 38.1. The molecular formula is C7H10F3NO5. The van der Waals surface area contributed by atoms with Crippen molar-refractivity contribution in [3.63, 3.8) is 0 Å². The summed E-state index contributed by atoms with van der Waals surface area (Å²) in [5, 5.41) is 16.7.